The molecule has 0 aliphatic heterocycles. The summed E-state index contributed by atoms with van der Waals surface area (Å²) in [4.78, 5) is 19.4. The van der Waals surface area contributed by atoms with Crippen LogP contribution in [0.5, 0.6) is 0 Å². The number of aromatic amines is 1. The van der Waals surface area contributed by atoms with Crippen molar-refractivity contribution in [3.05, 3.63) is 29.8 Å². The van der Waals surface area contributed by atoms with E-state index < -0.39 is 17.9 Å². The van der Waals surface area contributed by atoms with Crippen LogP contribution >= 0.6 is 0 Å². The van der Waals surface area contributed by atoms with Crippen LogP contribution < -0.4 is 5.32 Å². The van der Waals surface area contributed by atoms with Gasteiger partial charge in [0.2, 0.25) is 5.95 Å². The average molecular weight is 311 g/mol. The van der Waals surface area contributed by atoms with Gasteiger partial charge in [-0.25, -0.2) is 4.68 Å². The van der Waals surface area contributed by atoms with Gasteiger partial charge in [0.1, 0.15) is 5.52 Å². The summed E-state index contributed by atoms with van der Waals surface area (Å²) in [6, 6.07) is 1.41. The lowest BCUT2D eigenvalue weighted by atomic mass is 10.2. The molecule has 11 heteroatoms. The summed E-state index contributed by atoms with van der Waals surface area (Å²) in [6.45, 7) is 0. The molecule has 1 amide bonds. The highest BCUT2D eigenvalue weighted by Crippen LogP contribution is 2.27. The Bertz CT molecular complexity index is 851. The highest BCUT2D eigenvalue weighted by atomic mass is 19.4. The van der Waals surface area contributed by atoms with Crippen molar-refractivity contribution in [3.8, 4) is 0 Å². The third-order valence-electron chi connectivity index (χ3n) is 2.83. The Morgan fingerprint density at radius 3 is 2.86 bits per heavy atom. The second-order valence-electron chi connectivity index (χ2n) is 4.32. The number of hydrogen-bond donors (Lipinski definition) is 2. The number of H-pyrrole nitrogens is 1. The summed E-state index contributed by atoms with van der Waals surface area (Å²) in [5.74, 6) is -2.30. The van der Waals surface area contributed by atoms with Crippen molar-refractivity contribution >= 4 is 22.9 Å². The molecule has 0 spiro atoms. The normalized spacial score (nSPS) is 11.8. The maximum Gasteiger partial charge on any atom is 0.453 e. The van der Waals surface area contributed by atoms with E-state index in [1.165, 1.54) is 25.5 Å². The summed E-state index contributed by atoms with van der Waals surface area (Å²) < 4.78 is 38.4. The Kier molecular flexibility index (Phi) is 3.04. The zero-order valence-electron chi connectivity index (χ0n) is 11.0. The van der Waals surface area contributed by atoms with Gasteiger partial charge >= 0.3 is 6.18 Å². The molecular weight excluding hydrogens is 303 g/mol. The van der Waals surface area contributed by atoms with Crippen molar-refractivity contribution < 1.29 is 18.0 Å². The minimum absolute atomic E-state index is 0.180. The molecule has 0 saturated heterocycles. The van der Waals surface area contributed by atoms with Crippen molar-refractivity contribution in [1.82, 2.24) is 29.9 Å². The van der Waals surface area contributed by atoms with Crippen LogP contribution in [0.1, 0.15) is 16.2 Å². The monoisotopic (exact) mass is 311 g/mol. The van der Waals surface area contributed by atoms with Crippen LogP contribution in [0.4, 0.5) is 19.1 Å². The van der Waals surface area contributed by atoms with Crippen molar-refractivity contribution in [2.24, 2.45) is 7.05 Å². The van der Waals surface area contributed by atoms with E-state index in [4.69, 9.17) is 0 Å². The molecule has 0 unspecified atom stereocenters. The lowest BCUT2D eigenvalue weighted by Crippen LogP contribution is -2.16. The third-order valence-corrected chi connectivity index (χ3v) is 2.83. The molecule has 3 aromatic heterocycles. The SMILES string of the molecule is Cn1nc(C(F)(F)F)nc1NC(=O)c1ccnc2cn[nH]c12. The number of alkyl halides is 3. The van der Waals surface area contributed by atoms with Crippen LogP contribution in [0.3, 0.4) is 0 Å². The number of amides is 1. The van der Waals surface area contributed by atoms with Crippen LogP contribution in [0.15, 0.2) is 18.5 Å². The molecular formula is C11H8F3N7O. The first-order valence-corrected chi connectivity index (χ1v) is 5.94. The second-order valence-corrected chi connectivity index (χ2v) is 4.32. The van der Waals surface area contributed by atoms with Gasteiger partial charge in [-0.1, -0.05) is 0 Å². The third kappa shape index (κ3) is 2.36. The maximum atomic E-state index is 12.5. The fraction of sp³-hybridized carbons (Fsp3) is 0.182. The van der Waals surface area contributed by atoms with Crippen LogP contribution in [0.25, 0.3) is 11.0 Å². The number of nitrogens with zero attached hydrogens (tertiary/aromatic N) is 5. The Labute approximate surface area is 120 Å². The summed E-state index contributed by atoms with van der Waals surface area (Å²) in [6.07, 6.45) is -1.87. The largest absolute Gasteiger partial charge is 0.453 e. The summed E-state index contributed by atoms with van der Waals surface area (Å²) in [7, 11) is 1.25. The molecule has 114 valence electrons. The van der Waals surface area contributed by atoms with E-state index in [9.17, 15) is 18.0 Å². The molecule has 8 nitrogen and oxygen atoms in total. The predicted octanol–water partition coefficient (Wildman–Crippen LogP) is 1.36. The molecule has 3 aromatic rings. The molecule has 0 atom stereocenters. The number of nitrogens with one attached hydrogen (secondary N) is 2. The van der Waals surface area contributed by atoms with Crippen molar-refractivity contribution in [2.45, 2.75) is 6.18 Å². The van der Waals surface area contributed by atoms with E-state index in [-0.39, 0.29) is 11.5 Å². The molecule has 3 rings (SSSR count). The van der Waals surface area contributed by atoms with Crippen LogP contribution in [-0.2, 0) is 13.2 Å². The van der Waals surface area contributed by atoms with Gasteiger partial charge in [-0.15, -0.1) is 5.10 Å². The maximum absolute atomic E-state index is 12.5. The molecule has 0 saturated carbocycles. The van der Waals surface area contributed by atoms with E-state index in [2.05, 4.69) is 30.6 Å². The molecule has 0 fully saturated rings. The van der Waals surface area contributed by atoms with E-state index in [1.807, 2.05) is 0 Å². The van der Waals surface area contributed by atoms with Crippen molar-refractivity contribution in [3.63, 3.8) is 0 Å². The number of carbonyl (C=O) groups excluding carboxylic acids is 1. The van der Waals surface area contributed by atoms with Gasteiger partial charge in [0.05, 0.1) is 17.3 Å². The lowest BCUT2D eigenvalue weighted by molar-refractivity contribution is -0.144. The van der Waals surface area contributed by atoms with Gasteiger partial charge in [-0.2, -0.15) is 23.3 Å². The molecule has 0 radical (unpaired) electrons. The summed E-state index contributed by atoms with van der Waals surface area (Å²) in [5, 5.41) is 11.8. The number of carbonyl (C=O) groups is 1. The zero-order chi connectivity index (χ0) is 15.9. The molecule has 2 N–H and O–H groups in total. The standard InChI is InChI=1S/C11H8F3N7O/c1-21-10(18-9(20-21)11(12,13)14)17-8(22)5-2-3-15-6-4-16-19-7(5)6/h2-4H,1H3,(H,16,19)(H,17,18,20,22). The number of fused-ring (bicyclic) bond motifs is 1. The van der Waals surface area contributed by atoms with Crippen LogP contribution in [0, 0.1) is 0 Å². The topological polar surface area (TPSA) is 101 Å². The lowest BCUT2D eigenvalue weighted by Gasteiger charge is -2.04. The Hall–Kier alpha value is -2.98. The van der Waals surface area contributed by atoms with Gasteiger partial charge < -0.3 is 0 Å². The van der Waals surface area contributed by atoms with E-state index in [0.717, 1.165) is 4.68 Å². The number of rotatable bonds is 2. The first kappa shape index (κ1) is 14.0. The first-order chi connectivity index (χ1) is 10.4. The second kappa shape index (κ2) is 4.79. The summed E-state index contributed by atoms with van der Waals surface area (Å²) in [5.41, 5.74) is 1.01. The number of aryl methyl sites for hydroxylation is 1. The molecule has 0 aliphatic rings. The van der Waals surface area contributed by atoms with E-state index in [1.54, 1.807) is 0 Å². The highest BCUT2D eigenvalue weighted by Gasteiger charge is 2.37. The van der Waals surface area contributed by atoms with E-state index in [0.29, 0.717) is 11.0 Å². The van der Waals surface area contributed by atoms with Crippen LogP contribution in [0.2, 0.25) is 0 Å². The smallest absolute Gasteiger partial charge is 0.291 e. The number of anilines is 1. The minimum atomic E-state index is -4.69. The first-order valence-electron chi connectivity index (χ1n) is 5.94. The number of pyridine rings is 1. The van der Waals surface area contributed by atoms with Gasteiger partial charge in [0.25, 0.3) is 11.7 Å². The van der Waals surface area contributed by atoms with Crippen LogP contribution in [-0.4, -0.2) is 35.9 Å². The fourth-order valence-corrected chi connectivity index (χ4v) is 1.82. The molecule has 0 aromatic carbocycles. The average Bonchev–Trinajstić information content (AvgIpc) is 3.05. The molecule has 0 bridgehead atoms. The quantitative estimate of drug-likeness (QED) is 0.744. The van der Waals surface area contributed by atoms with Gasteiger partial charge in [-0.05, 0) is 6.07 Å². The summed E-state index contributed by atoms with van der Waals surface area (Å²) >= 11 is 0. The number of hydrogen-bond acceptors (Lipinski definition) is 5. The highest BCUT2D eigenvalue weighted by molar-refractivity contribution is 6.10. The number of halogens is 3. The van der Waals surface area contributed by atoms with E-state index >= 15 is 0 Å². The zero-order valence-corrected chi connectivity index (χ0v) is 11.0. The Balaban J connectivity index is 1.92. The molecule has 22 heavy (non-hydrogen) atoms. The molecule has 0 aliphatic carbocycles. The Morgan fingerprint density at radius 2 is 2.18 bits per heavy atom. The fourth-order valence-electron chi connectivity index (χ4n) is 1.82. The van der Waals surface area contributed by atoms with Crippen molar-refractivity contribution in [1.29, 1.82) is 0 Å². The Morgan fingerprint density at radius 1 is 1.41 bits per heavy atom. The number of aromatic nitrogens is 6. The van der Waals surface area contributed by atoms with Crippen molar-refractivity contribution in [2.75, 3.05) is 5.32 Å². The van der Waals surface area contributed by atoms with Gasteiger partial charge in [0, 0.05) is 13.2 Å². The van der Waals surface area contributed by atoms with Gasteiger partial charge in [0.15, 0.2) is 0 Å². The predicted molar refractivity (Wildman–Crippen MR) is 67.8 cm³/mol. The molecule has 3 heterocycles. The minimum Gasteiger partial charge on any atom is -0.291 e. The van der Waals surface area contributed by atoms with Gasteiger partial charge in [-0.3, -0.25) is 20.2 Å².